The van der Waals surface area contributed by atoms with Gasteiger partial charge in [-0.15, -0.1) is 0 Å². The minimum absolute atomic E-state index is 0.00149. The lowest BCUT2D eigenvalue weighted by atomic mass is 9.95. The summed E-state index contributed by atoms with van der Waals surface area (Å²) in [5.74, 6) is 1.10. The first-order chi connectivity index (χ1) is 15.5. The van der Waals surface area contributed by atoms with E-state index in [-0.39, 0.29) is 17.6 Å². The number of ether oxygens (including phenoxy) is 1. The average Bonchev–Trinajstić information content (AvgIpc) is 2.81. The van der Waals surface area contributed by atoms with Crippen molar-refractivity contribution in [2.45, 2.75) is 26.3 Å². The molecule has 3 aromatic carbocycles. The van der Waals surface area contributed by atoms with Crippen LogP contribution < -0.4 is 10.1 Å². The molecule has 3 aromatic rings. The van der Waals surface area contributed by atoms with Gasteiger partial charge in [0.1, 0.15) is 11.5 Å². The normalized spacial score (nSPS) is 14.8. The minimum Gasteiger partial charge on any atom is -0.508 e. The molecule has 4 rings (SSSR count). The number of carbonyl (C=O) groups excluding carboxylic acids is 1. The lowest BCUT2D eigenvalue weighted by molar-refractivity contribution is -0.121. The van der Waals surface area contributed by atoms with Gasteiger partial charge in [0.05, 0.1) is 7.11 Å². The number of hydrogen-bond acceptors (Lipinski definition) is 4. The molecule has 0 saturated carbocycles. The Morgan fingerprint density at radius 1 is 1.03 bits per heavy atom. The molecule has 1 saturated heterocycles. The maximum Gasteiger partial charge on any atom is 0.227 e. The summed E-state index contributed by atoms with van der Waals surface area (Å²) >= 11 is 0. The van der Waals surface area contributed by atoms with Crippen molar-refractivity contribution in [3.8, 4) is 22.6 Å². The second-order valence-electron chi connectivity index (χ2n) is 8.48. The highest BCUT2D eigenvalue weighted by Crippen LogP contribution is 2.27. The number of hydrogen-bond donors (Lipinski definition) is 2. The molecule has 0 aromatic heterocycles. The predicted molar refractivity (Wildman–Crippen MR) is 128 cm³/mol. The van der Waals surface area contributed by atoms with Crippen molar-refractivity contribution < 1.29 is 14.6 Å². The van der Waals surface area contributed by atoms with Crippen LogP contribution in [0.15, 0.2) is 66.7 Å². The van der Waals surface area contributed by atoms with Crippen LogP contribution in [0.5, 0.6) is 11.5 Å². The highest BCUT2D eigenvalue weighted by Gasteiger charge is 2.25. The summed E-state index contributed by atoms with van der Waals surface area (Å²) in [6.07, 6.45) is 1.61. The molecule has 0 unspecified atom stereocenters. The van der Waals surface area contributed by atoms with Crippen LogP contribution in [0.2, 0.25) is 0 Å². The Morgan fingerprint density at radius 2 is 1.78 bits per heavy atom. The van der Waals surface area contributed by atoms with Gasteiger partial charge in [0, 0.05) is 23.7 Å². The number of rotatable bonds is 6. The average molecular weight is 431 g/mol. The van der Waals surface area contributed by atoms with Crippen LogP contribution in [0.25, 0.3) is 11.1 Å². The number of nitrogens with zero attached hydrogens (tertiary/aromatic N) is 1. The number of likely N-dealkylation sites (tertiary alicyclic amines) is 1. The van der Waals surface area contributed by atoms with Crippen LogP contribution >= 0.6 is 0 Å². The van der Waals surface area contributed by atoms with Gasteiger partial charge in [-0.1, -0.05) is 42.0 Å². The largest absolute Gasteiger partial charge is 0.508 e. The van der Waals surface area contributed by atoms with Crippen LogP contribution in [-0.4, -0.2) is 36.1 Å². The Morgan fingerprint density at radius 3 is 2.47 bits per heavy atom. The van der Waals surface area contributed by atoms with E-state index in [0.29, 0.717) is 6.54 Å². The molecule has 1 fully saturated rings. The quantitative estimate of drug-likeness (QED) is 0.562. The third kappa shape index (κ3) is 5.29. The summed E-state index contributed by atoms with van der Waals surface area (Å²) < 4.78 is 5.26. The summed E-state index contributed by atoms with van der Waals surface area (Å²) in [7, 11) is 1.62. The third-order valence-corrected chi connectivity index (χ3v) is 6.14. The second-order valence-corrected chi connectivity index (χ2v) is 8.48. The van der Waals surface area contributed by atoms with Gasteiger partial charge in [-0.05, 0) is 74.3 Å². The zero-order chi connectivity index (χ0) is 22.5. The van der Waals surface area contributed by atoms with Crippen molar-refractivity contribution in [2.75, 3.05) is 25.5 Å². The highest BCUT2D eigenvalue weighted by atomic mass is 16.5. The number of aryl methyl sites for hydroxylation is 1. The van der Waals surface area contributed by atoms with E-state index in [1.807, 2.05) is 30.3 Å². The van der Waals surface area contributed by atoms with Crippen molar-refractivity contribution in [3.05, 3.63) is 77.9 Å². The fourth-order valence-electron chi connectivity index (χ4n) is 4.22. The van der Waals surface area contributed by atoms with Crippen molar-refractivity contribution >= 4 is 11.6 Å². The molecule has 0 aliphatic carbocycles. The van der Waals surface area contributed by atoms with Crippen LogP contribution in [0, 0.1) is 12.8 Å². The molecule has 32 heavy (non-hydrogen) atoms. The first-order valence-electron chi connectivity index (χ1n) is 11.1. The first-order valence-corrected chi connectivity index (χ1v) is 11.1. The molecule has 1 heterocycles. The van der Waals surface area contributed by atoms with Crippen molar-refractivity contribution in [1.29, 1.82) is 0 Å². The van der Waals surface area contributed by atoms with Gasteiger partial charge >= 0.3 is 0 Å². The Balaban J connectivity index is 1.30. The molecule has 5 heteroatoms. The molecule has 0 atom stereocenters. The van der Waals surface area contributed by atoms with E-state index in [1.165, 1.54) is 11.1 Å². The molecule has 0 bridgehead atoms. The van der Waals surface area contributed by atoms with Gasteiger partial charge in [-0.2, -0.15) is 0 Å². The Kier molecular flexibility index (Phi) is 6.76. The topological polar surface area (TPSA) is 61.8 Å². The predicted octanol–water partition coefficient (Wildman–Crippen LogP) is 5.23. The molecule has 0 radical (unpaired) electrons. The van der Waals surface area contributed by atoms with Gasteiger partial charge < -0.3 is 15.2 Å². The van der Waals surface area contributed by atoms with Crippen LogP contribution in [0.3, 0.4) is 0 Å². The second kappa shape index (κ2) is 9.88. The number of carbonyl (C=O) groups is 1. The number of piperidine rings is 1. The molecule has 1 aliphatic heterocycles. The van der Waals surface area contributed by atoms with Gasteiger partial charge in [-0.3, -0.25) is 9.69 Å². The third-order valence-electron chi connectivity index (χ3n) is 6.14. The van der Waals surface area contributed by atoms with Crippen molar-refractivity contribution in [2.24, 2.45) is 5.92 Å². The van der Waals surface area contributed by atoms with Gasteiger partial charge in [0.25, 0.3) is 0 Å². The molecule has 0 spiro atoms. The zero-order valence-electron chi connectivity index (χ0n) is 18.7. The van der Waals surface area contributed by atoms with Gasteiger partial charge in [0.15, 0.2) is 0 Å². The molecule has 1 aliphatic rings. The molecule has 2 N–H and O–H groups in total. The zero-order valence-corrected chi connectivity index (χ0v) is 18.7. The smallest absolute Gasteiger partial charge is 0.227 e. The monoisotopic (exact) mass is 430 g/mol. The van der Waals surface area contributed by atoms with E-state index in [0.717, 1.165) is 48.5 Å². The Bertz CT molecular complexity index is 1070. The number of benzene rings is 3. The number of anilines is 1. The fraction of sp³-hybridized carbons (Fsp3) is 0.296. The molecule has 1 amide bonds. The number of phenolic OH excluding ortho intramolecular Hbond substituents is 1. The van der Waals surface area contributed by atoms with Crippen molar-refractivity contribution in [3.63, 3.8) is 0 Å². The summed E-state index contributed by atoms with van der Waals surface area (Å²) in [4.78, 5) is 15.1. The maximum atomic E-state index is 12.8. The number of aromatic hydroxyl groups is 1. The Hall–Kier alpha value is -3.31. The molecule has 5 nitrogen and oxygen atoms in total. The molecular weight excluding hydrogens is 400 g/mol. The number of phenols is 1. The molecule has 166 valence electrons. The number of methoxy groups -OCH3 is 1. The van der Waals surface area contributed by atoms with Crippen LogP contribution in [0.1, 0.15) is 24.0 Å². The van der Waals surface area contributed by atoms with E-state index in [4.69, 9.17) is 4.74 Å². The molecular formula is C27H30N2O3. The maximum absolute atomic E-state index is 12.8. The summed E-state index contributed by atoms with van der Waals surface area (Å²) in [6.45, 7) is 4.38. The number of amides is 1. The van der Waals surface area contributed by atoms with E-state index in [1.54, 1.807) is 19.2 Å². The minimum atomic E-state index is 0.00149. The highest BCUT2D eigenvalue weighted by molar-refractivity contribution is 5.92. The summed E-state index contributed by atoms with van der Waals surface area (Å²) in [5, 5.41) is 13.2. The van der Waals surface area contributed by atoms with E-state index in [2.05, 4.69) is 41.4 Å². The first kappa shape index (κ1) is 21.9. The van der Waals surface area contributed by atoms with Crippen molar-refractivity contribution in [1.82, 2.24) is 4.90 Å². The SMILES string of the molecule is COc1ccc(O)c(CN2CCC(C(=O)Nc3ccc(-c4cccc(C)c4)cc3)CC2)c1. The van der Waals surface area contributed by atoms with E-state index < -0.39 is 0 Å². The number of nitrogens with one attached hydrogen (secondary N) is 1. The fourth-order valence-corrected chi connectivity index (χ4v) is 4.22. The summed E-state index contributed by atoms with van der Waals surface area (Å²) in [5.41, 5.74) is 5.22. The van der Waals surface area contributed by atoms with Gasteiger partial charge in [0.2, 0.25) is 5.91 Å². The van der Waals surface area contributed by atoms with Gasteiger partial charge in [-0.25, -0.2) is 0 Å². The van der Waals surface area contributed by atoms with E-state index >= 15 is 0 Å². The van der Waals surface area contributed by atoms with Crippen LogP contribution in [-0.2, 0) is 11.3 Å². The lowest BCUT2D eigenvalue weighted by Crippen LogP contribution is -2.37. The standard InChI is InChI=1S/C27H30N2O3/c1-19-4-3-5-22(16-19)20-6-8-24(9-7-20)28-27(31)21-12-14-29(15-13-21)18-23-17-25(32-2)10-11-26(23)30/h3-11,16-17,21,30H,12-15,18H2,1-2H3,(H,28,31). The van der Waals surface area contributed by atoms with Crippen LogP contribution in [0.4, 0.5) is 5.69 Å². The van der Waals surface area contributed by atoms with E-state index in [9.17, 15) is 9.90 Å². The Labute approximate surface area is 189 Å². The summed E-state index contributed by atoms with van der Waals surface area (Å²) in [6, 6.07) is 21.7. The lowest BCUT2D eigenvalue weighted by Gasteiger charge is -2.31.